The number of carbonyl (C=O) groups excluding carboxylic acids is 2. The molecule has 29 heavy (non-hydrogen) atoms. The Labute approximate surface area is 163 Å². The van der Waals surface area contributed by atoms with Crippen molar-refractivity contribution >= 4 is 23.3 Å². The molecule has 0 aromatic heterocycles. The molecule has 0 fully saturated rings. The number of methoxy groups -OCH3 is 1. The number of nitrogens with zero attached hydrogens (tertiary/aromatic N) is 1. The van der Waals surface area contributed by atoms with Gasteiger partial charge in [0, 0.05) is 11.8 Å². The van der Waals surface area contributed by atoms with Crippen LogP contribution in [0.5, 0.6) is 17.2 Å². The van der Waals surface area contributed by atoms with Crippen LogP contribution in [0.2, 0.25) is 0 Å². The van der Waals surface area contributed by atoms with Crippen molar-refractivity contribution in [2.45, 2.75) is 0 Å². The summed E-state index contributed by atoms with van der Waals surface area (Å²) in [7, 11) is 1.40. The lowest BCUT2D eigenvalue weighted by Gasteiger charge is -2.21. The maximum absolute atomic E-state index is 13.3. The van der Waals surface area contributed by atoms with E-state index in [1.165, 1.54) is 19.2 Å². The van der Waals surface area contributed by atoms with Gasteiger partial charge in [-0.1, -0.05) is 0 Å². The van der Waals surface area contributed by atoms with Gasteiger partial charge in [-0.05, 0) is 24.3 Å². The van der Waals surface area contributed by atoms with Gasteiger partial charge >= 0.3 is 11.7 Å². The fourth-order valence-corrected chi connectivity index (χ4v) is 2.53. The third-order valence-corrected chi connectivity index (χ3v) is 3.82. The zero-order valence-electron chi connectivity index (χ0n) is 15.1. The number of carbonyl (C=O) groups is 2. The van der Waals surface area contributed by atoms with E-state index < -0.39 is 34.9 Å². The summed E-state index contributed by atoms with van der Waals surface area (Å²) in [4.78, 5) is 34.0. The van der Waals surface area contributed by atoms with E-state index in [0.717, 1.165) is 18.2 Å². The number of esters is 1. The molecule has 0 radical (unpaired) electrons. The second kappa shape index (κ2) is 8.42. The molecule has 1 N–H and O–H groups in total. The molecule has 1 aliphatic heterocycles. The zero-order chi connectivity index (χ0) is 21.0. The van der Waals surface area contributed by atoms with E-state index in [1.807, 2.05) is 0 Å². The molecule has 0 bridgehead atoms. The van der Waals surface area contributed by atoms with Crippen LogP contribution in [0, 0.1) is 15.9 Å². The predicted molar refractivity (Wildman–Crippen MR) is 96.0 cm³/mol. The molecule has 1 amide bonds. The number of rotatable bonds is 6. The van der Waals surface area contributed by atoms with Gasteiger partial charge < -0.3 is 24.3 Å². The van der Waals surface area contributed by atoms with Crippen LogP contribution in [0.4, 0.5) is 15.8 Å². The molecule has 0 atom stereocenters. The number of anilines is 1. The molecule has 3 rings (SSSR count). The van der Waals surface area contributed by atoms with Crippen molar-refractivity contribution in [2.75, 3.05) is 32.2 Å². The van der Waals surface area contributed by atoms with Crippen molar-refractivity contribution in [1.82, 2.24) is 0 Å². The van der Waals surface area contributed by atoms with Gasteiger partial charge in [-0.3, -0.25) is 14.9 Å². The minimum Gasteiger partial charge on any atom is -0.493 e. The fraction of sp³-hybridized carbons (Fsp3) is 0.222. The first-order valence-electron chi connectivity index (χ1n) is 8.27. The first-order valence-corrected chi connectivity index (χ1v) is 8.27. The van der Waals surface area contributed by atoms with Gasteiger partial charge in [0.05, 0.1) is 17.6 Å². The first kappa shape index (κ1) is 19.9. The lowest BCUT2D eigenvalue weighted by molar-refractivity contribution is -0.387. The molecule has 0 saturated carbocycles. The lowest BCUT2D eigenvalue weighted by atomic mass is 10.1. The highest BCUT2D eigenvalue weighted by Crippen LogP contribution is 2.40. The predicted octanol–water partition coefficient (Wildman–Crippen LogP) is 2.31. The summed E-state index contributed by atoms with van der Waals surface area (Å²) in [5.41, 5.74) is -0.723. The highest BCUT2D eigenvalue weighted by molar-refractivity contribution is 5.96. The lowest BCUT2D eigenvalue weighted by Crippen LogP contribution is -2.21. The minimum atomic E-state index is -1.04. The largest absolute Gasteiger partial charge is 0.493 e. The quantitative estimate of drug-likeness (QED) is 0.440. The number of nitro groups is 1. The second-order valence-electron chi connectivity index (χ2n) is 5.75. The van der Waals surface area contributed by atoms with Crippen LogP contribution < -0.4 is 19.5 Å². The molecule has 152 valence electrons. The topological polar surface area (TPSA) is 126 Å². The van der Waals surface area contributed by atoms with Gasteiger partial charge in [0.2, 0.25) is 11.6 Å². The van der Waals surface area contributed by atoms with Crippen molar-refractivity contribution in [1.29, 1.82) is 0 Å². The summed E-state index contributed by atoms with van der Waals surface area (Å²) in [6.07, 6.45) is 0. The average Bonchev–Trinajstić information content (AvgIpc) is 2.72. The third-order valence-electron chi connectivity index (χ3n) is 3.82. The van der Waals surface area contributed by atoms with Crippen molar-refractivity contribution < 1.29 is 37.9 Å². The van der Waals surface area contributed by atoms with E-state index in [2.05, 4.69) is 5.32 Å². The van der Waals surface area contributed by atoms with Gasteiger partial charge in [-0.2, -0.15) is 4.39 Å². The number of halogens is 1. The average molecular weight is 406 g/mol. The summed E-state index contributed by atoms with van der Waals surface area (Å²) in [5, 5.41) is 13.0. The van der Waals surface area contributed by atoms with Crippen LogP contribution in [-0.2, 0) is 9.53 Å². The van der Waals surface area contributed by atoms with E-state index in [9.17, 15) is 24.1 Å². The Morgan fingerprint density at radius 3 is 2.72 bits per heavy atom. The summed E-state index contributed by atoms with van der Waals surface area (Å²) < 4.78 is 34.3. The molecule has 0 unspecified atom stereocenters. The number of ether oxygens (including phenoxy) is 4. The molecule has 2 aromatic carbocycles. The van der Waals surface area contributed by atoms with Crippen molar-refractivity contribution in [3.63, 3.8) is 0 Å². The normalized spacial score (nSPS) is 12.1. The molecule has 0 aliphatic carbocycles. The number of hydrogen-bond acceptors (Lipinski definition) is 8. The van der Waals surface area contributed by atoms with E-state index in [0.29, 0.717) is 24.7 Å². The number of amides is 1. The van der Waals surface area contributed by atoms with E-state index in [1.54, 1.807) is 0 Å². The minimum absolute atomic E-state index is 0.0138. The summed E-state index contributed by atoms with van der Waals surface area (Å²) in [5.74, 6) is -1.66. The molecular formula is C18H15FN2O8. The molecule has 1 aliphatic rings. The van der Waals surface area contributed by atoms with Crippen LogP contribution in [0.15, 0.2) is 30.3 Å². The highest BCUT2D eigenvalue weighted by atomic mass is 19.1. The monoisotopic (exact) mass is 406 g/mol. The Kier molecular flexibility index (Phi) is 5.77. The first-order chi connectivity index (χ1) is 13.9. The van der Waals surface area contributed by atoms with Crippen molar-refractivity contribution in [3.05, 3.63) is 51.8 Å². The van der Waals surface area contributed by atoms with Gasteiger partial charge in [-0.15, -0.1) is 0 Å². The number of nitrogens with one attached hydrogen (secondary N) is 1. The standard InChI is InChI=1S/C18H15FN2O8/c1-26-14-6-10(7-15-17(14)28-5-4-27-15)18(23)29-9-16(22)20-11-2-3-12(19)13(8-11)21(24)25/h2-3,6-8H,4-5,9H2,1H3,(H,20,22). The number of fused-ring (bicyclic) bond motifs is 1. The van der Waals surface area contributed by atoms with E-state index >= 15 is 0 Å². The fourth-order valence-electron chi connectivity index (χ4n) is 2.53. The van der Waals surface area contributed by atoms with Crippen molar-refractivity contribution in [3.8, 4) is 17.2 Å². The van der Waals surface area contributed by atoms with E-state index in [4.69, 9.17) is 18.9 Å². The van der Waals surface area contributed by atoms with Crippen LogP contribution in [0.25, 0.3) is 0 Å². The molecule has 11 heteroatoms. The van der Waals surface area contributed by atoms with Gasteiger partial charge in [0.15, 0.2) is 18.1 Å². The molecule has 10 nitrogen and oxygen atoms in total. The maximum Gasteiger partial charge on any atom is 0.338 e. The maximum atomic E-state index is 13.3. The van der Waals surface area contributed by atoms with Gasteiger partial charge in [0.1, 0.15) is 13.2 Å². The summed E-state index contributed by atoms with van der Waals surface area (Å²) in [6, 6.07) is 5.65. The van der Waals surface area contributed by atoms with Crippen LogP contribution >= 0.6 is 0 Å². The molecule has 0 saturated heterocycles. The van der Waals surface area contributed by atoms with Crippen LogP contribution in [-0.4, -0.2) is 43.7 Å². The van der Waals surface area contributed by atoms with Crippen LogP contribution in [0.3, 0.4) is 0 Å². The highest BCUT2D eigenvalue weighted by Gasteiger charge is 2.22. The third kappa shape index (κ3) is 4.51. The number of nitro benzene ring substituents is 1. The summed E-state index contributed by atoms with van der Waals surface area (Å²) >= 11 is 0. The van der Waals surface area contributed by atoms with Crippen LogP contribution in [0.1, 0.15) is 10.4 Å². The van der Waals surface area contributed by atoms with Gasteiger partial charge in [-0.25, -0.2) is 4.79 Å². The Morgan fingerprint density at radius 2 is 2.00 bits per heavy atom. The second-order valence-corrected chi connectivity index (χ2v) is 5.75. The molecule has 2 aromatic rings. The molecule has 0 spiro atoms. The number of hydrogen-bond donors (Lipinski definition) is 1. The summed E-state index contributed by atoms with van der Waals surface area (Å²) in [6.45, 7) is -0.0174. The zero-order valence-corrected chi connectivity index (χ0v) is 15.1. The molecular weight excluding hydrogens is 391 g/mol. The Morgan fingerprint density at radius 1 is 1.24 bits per heavy atom. The van der Waals surface area contributed by atoms with E-state index in [-0.39, 0.29) is 17.0 Å². The van der Waals surface area contributed by atoms with Gasteiger partial charge in [0.25, 0.3) is 5.91 Å². The Hall–Kier alpha value is -3.89. The SMILES string of the molecule is COc1cc(C(=O)OCC(=O)Nc2ccc(F)c([N+](=O)[O-])c2)cc2c1OCCO2. The number of benzene rings is 2. The smallest absolute Gasteiger partial charge is 0.338 e. The molecule has 1 heterocycles. The Balaban J connectivity index is 1.64. The Bertz CT molecular complexity index is 961. The van der Waals surface area contributed by atoms with Crippen molar-refractivity contribution in [2.24, 2.45) is 0 Å².